The lowest BCUT2D eigenvalue weighted by molar-refractivity contribution is -0.403. The molecular weight excluding hydrogens is 578 g/mol. The van der Waals surface area contributed by atoms with Gasteiger partial charge in [0.25, 0.3) is 0 Å². The Morgan fingerprint density at radius 1 is 0.444 bits per heavy atom. The summed E-state index contributed by atoms with van der Waals surface area (Å²) >= 11 is 0. The number of benzene rings is 2. The Labute approximate surface area is 199 Å². The quantitative estimate of drug-likeness (QED) is 0.216. The third-order valence-corrected chi connectivity index (χ3v) is 6.28. The molecule has 0 aliphatic heterocycles. The molecule has 2 rings (SSSR count). The van der Waals surface area contributed by atoms with Gasteiger partial charge >= 0.3 is 36.4 Å². The third kappa shape index (κ3) is 6.00. The van der Waals surface area contributed by atoms with E-state index in [1.807, 2.05) is 0 Å². The first-order valence-electron chi connectivity index (χ1n) is 8.69. The molecule has 2 nitrogen and oxygen atoms in total. The second-order valence-corrected chi connectivity index (χ2v) is 8.66. The summed E-state index contributed by atoms with van der Waals surface area (Å²) in [7, 11) is 0.419. The predicted octanol–water partition coefficient (Wildman–Crippen LogP) is 8.82. The van der Waals surface area contributed by atoms with E-state index in [9.17, 15) is 61.5 Å². The van der Waals surface area contributed by atoms with E-state index in [0.717, 1.165) is 36.4 Å². The van der Waals surface area contributed by atoms with E-state index >= 15 is 0 Å². The summed E-state index contributed by atoms with van der Waals surface area (Å²) in [4.78, 5) is -1.16. The molecule has 0 saturated heterocycles. The molecule has 2 aromatic rings. The highest BCUT2D eigenvalue weighted by molar-refractivity contribution is 8.76. The topological polar surface area (TPSA) is 18.5 Å². The number of halogens is 14. The van der Waals surface area contributed by atoms with Crippen LogP contribution in [0.2, 0.25) is 0 Å². The first-order chi connectivity index (χ1) is 16.1. The highest BCUT2D eigenvalue weighted by atomic mass is 33.1. The van der Waals surface area contributed by atoms with Crippen LogP contribution in [0.1, 0.15) is 0 Å². The summed E-state index contributed by atoms with van der Waals surface area (Å²) in [5, 5.41) is 0. The SMILES string of the molecule is FC(F)(F)C(F)(F)C(F)(F)Oc1ccccc1SSc1ccccc1OC(F)(F)C(F)(F)C(F)(F)F. The Hall–Kier alpha value is -2.24. The van der Waals surface area contributed by atoms with Gasteiger partial charge in [0.15, 0.2) is 0 Å². The zero-order valence-corrected chi connectivity index (χ0v) is 18.2. The minimum atomic E-state index is -6.70. The van der Waals surface area contributed by atoms with Gasteiger partial charge in [0, 0.05) is 0 Å². The summed E-state index contributed by atoms with van der Waals surface area (Å²) in [5.74, 6) is -15.7. The van der Waals surface area contributed by atoms with Gasteiger partial charge in [-0.05, 0) is 45.9 Å². The smallest absolute Gasteiger partial charge is 0.427 e. The second kappa shape index (κ2) is 9.90. The molecule has 0 bridgehead atoms. The van der Waals surface area contributed by atoms with Crippen LogP contribution in [0.25, 0.3) is 0 Å². The molecule has 18 heteroatoms. The van der Waals surface area contributed by atoms with Crippen LogP contribution in [0.15, 0.2) is 58.3 Å². The first kappa shape index (κ1) is 30.0. The highest BCUT2D eigenvalue weighted by Gasteiger charge is 2.76. The van der Waals surface area contributed by atoms with E-state index < -0.39 is 57.7 Å². The van der Waals surface area contributed by atoms with Crippen LogP contribution in [-0.2, 0) is 0 Å². The minimum absolute atomic E-state index is 0.210. The third-order valence-electron chi connectivity index (χ3n) is 3.84. The van der Waals surface area contributed by atoms with Gasteiger partial charge in [-0.15, -0.1) is 0 Å². The van der Waals surface area contributed by atoms with Crippen molar-refractivity contribution in [2.24, 2.45) is 0 Å². The molecule has 0 saturated carbocycles. The zero-order chi connectivity index (χ0) is 27.8. The lowest BCUT2D eigenvalue weighted by Gasteiger charge is -2.28. The zero-order valence-electron chi connectivity index (χ0n) is 16.5. The van der Waals surface area contributed by atoms with Gasteiger partial charge in [0.05, 0.1) is 9.79 Å². The number of rotatable bonds is 9. The molecule has 0 unspecified atom stereocenters. The molecule has 0 atom stereocenters. The molecule has 0 radical (unpaired) electrons. The van der Waals surface area contributed by atoms with Crippen molar-refractivity contribution in [2.45, 2.75) is 46.2 Å². The van der Waals surface area contributed by atoms with Crippen LogP contribution in [0.4, 0.5) is 61.5 Å². The average molecular weight is 586 g/mol. The van der Waals surface area contributed by atoms with Crippen molar-refractivity contribution in [2.75, 3.05) is 0 Å². The van der Waals surface area contributed by atoms with Gasteiger partial charge in [-0.2, -0.15) is 61.5 Å². The standard InChI is InChI=1S/C18H8F14O2S2/c19-13(20,15(23,24)25)17(29,30)33-9-5-1-3-7-11(9)35-36-12-8-4-2-6-10(12)34-18(31,32)14(21,22)16(26,27)28/h1-8H. The number of ether oxygens (including phenoxy) is 2. The van der Waals surface area contributed by atoms with Crippen molar-refractivity contribution in [3.63, 3.8) is 0 Å². The Morgan fingerprint density at radius 3 is 1.00 bits per heavy atom. The monoisotopic (exact) mass is 586 g/mol. The number of hydrogen-bond acceptors (Lipinski definition) is 4. The molecule has 2 aromatic carbocycles. The van der Waals surface area contributed by atoms with Crippen molar-refractivity contribution >= 4 is 21.6 Å². The summed E-state index contributed by atoms with van der Waals surface area (Å²) in [5.41, 5.74) is 0. The van der Waals surface area contributed by atoms with Gasteiger partial charge in [-0.3, -0.25) is 0 Å². The molecular formula is C18H8F14O2S2. The fourth-order valence-electron chi connectivity index (χ4n) is 2.03. The van der Waals surface area contributed by atoms with Crippen LogP contribution < -0.4 is 9.47 Å². The second-order valence-electron chi connectivity index (χ2n) is 6.44. The molecule has 0 aliphatic rings. The van der Waals surface area contributed by atoms with Crippen LogP contribution in [0, 0.1) is 0 Å². The highest BCUT2D eigenvalue weighted by Crippen LogP contribution is 2.52. The first-order valence-corrected chi connectivity index (χ1v) is 10.8. The van der Waals surface area contributed by atoms with Gasteiger partial charge in [-0.1, -0.05) is 24.3 Å². The largest absolute Gasteiger partial charge is 0.474 e. The van der Waals surface area contributed by atoms with E-state index in [1.165, 1.54) is 0 Å². The normalized spacial score (nSPS) is 14.1. The molecule has 36 heavy (non-hydrogen) atoms. The Balaban J connectivity index is 2.29. The van der Waals surface area contributed by atoms with Crippen LogP contribution in [0.3, 0.4) is 0 Å². The van der Waals surface area contributed by atoms with E-state index in [4.69, 9.17) is 0 Å². The summed E-state index contributed by atoms with van der Waals surface area (Å²) < 4.78 is 188. The van der Waals surface area contributed by atoms with Gasteiger partial charge in [0.2, 0.25) is 0 Å². The van der Waals surface area contributed by atoms with E-state index in [-0.39, 0.29) is 21.6 Å². The molecule has 0 spiro atoms. The Morgan fingerprint density at radius 2 is 0.722 bits per heavy atom. The molecule has 0 aromatic heterocycles. The van der Waals surface area contributed by atoms with E-state index in [2.05, 4.69) is 9.47 Å². The maximum Gasteiger partial charge on any atom is 0.474 e. The number of alkyl halides is 14. The maximum absolute atomic E-state index is 13.6. The molecule has 0 aliphatic carbocycles. The van der Waals surface area contributed by atoms with Crippen molar-refractivity contribution in [3.05, 3.63) is 48.5 Å². The maximum atomic E-state index is 13.6. The van der Waals surface area contributed by atoms with Crippen molar-refractivity contribution in [1.29, 1.82) is 0 Å². The number of hydrogen-bond donors (Lipinski definition) is 0. The van der Waals surface area contributed by atoms with Crippen molar-refractivity contribution in [3.8, 4) is 11.5 Å². The fourth-order valence-corrected chi connectivity index (χ4v) is 4.23. The van der Waals surface area contributed by atoms with Gasteiger partial charge < -0.3 is 9.47 Å². The Kier molecular flexibility index (Phi) is 8.25. The van der Waals surface area contributed by atoms with Crippen LogP contribution >= 0.6 is 21.6 Å². The minimum Gasteiger partial charge on any atom is -0.427 e. The van der Waals surface area contributed by atoms with Crippen LogP contribution in [-0.4, -0.2) is 36.4 Å². The molecule has 202 valence electrons. The van der Waals surface area contributed by atoms with Gasteiger partial charge in [-0.25, -0.2) is 0 Å². The van der Waals surface area contributed by atoms with Gasteiger partial charge in [0.1, 0.15) is 11.5 Å². The van der Waals surface area contributed by atoms with E-state index in [1.54, 1.807) is 0 Å². The lowest BCUT2D eigenvalue weighted by Crippen LogP contribution is -2.55. The molecule has 0 amide bonds. The predicted molar refractivity (Wildman–Crippen MR) is 97.8 cm³/mol. The van der Waals surface area contributed by atoms with E-state index in [0.29, 0.717) is 12.1 Å². The summed E-state index contributed by atoms with van der Waals surface area (Å²) in [6, 6.07) is 6.82. The Bertz CT molecular complexity index is 969. The van der Waals surface area contributed by atoms with Crippen molar-refractivity contribution < 1.29 is 70.9 Å². The summed E-state index contributed by atoms with van der Waals surface area (Å²) in [6.45, 7) is 0. The van der Waals surface area contributed by atoms with Crippen molar-refractivity contribution in [1.82, 2.24) is 0 Å². The molecule has 0 fully saturated rings. The average Bonchev–Trinajstić information content (AvgIpc) is 2.71. The molecule has 0 N–H and O–H groups in total. The van der Waals surface area contributed by atoms with Crippen LogP contribution in [0.5, 0.6) is 11.5 Å². The number of para-hydroxylation sites is 2. The molecule has 0 heterocycles. The fraction of sp³-hybridized carbons (Fsp3) is 0.333. The lowest BCUT2D eigenvalue weighted by atomic mass is 10.3. The summed E-state index contributed by atoms with van der Waals surface area (Å²) in [6.07, 6.45) is -25.6.